The number of amides is 2. The summed E-state index contributed by atoms with van der Waals surface area (Å²) in [5, 5.41) is 3.28. The lowest BCUT2D eigenvalue weighted by Crippen LogP contribution is -2.46. The SMILES string of the molecule is O=C(CN1CCCCCOc2ccccc2Nc2cccc(n2)C1=O)N1CCC(Cc2ccccc2)CC1. The van der Waals surface area contributed by atoms with Gasteiger partial charge in [0.05, 0.1) is 12.3 Å². The summed E-state index contributed by atoms with van der Waals surface area (Å²) in [6.07, 6.45) is 5.63. The van der Waals surface area contributed by atoms with Gasteiger partial charge in [-0.25, -0.2) is 4.98 Å². The summed E-state index contributed by atoms with van der Waals surface area (Å²) >= 11 is 0. The van der Waals surface area contributed by atoms with Crippen LogP contribution in [-0.4, -0.2) is 59.4 Å². The van der Waals surface area contributed by atoms with Crippen LogP contribution in [0.25, 0.3) is 0 Å². The molecule has 1 fully saturated rings. The van der Waals surface area contributed by atoms with E-state index in [9.17, 15) is 9.59 Å². The molecule has 38 heavy (non-hydrogen) atoms. The van der Waals surface area contributed by atoms with Gasteiger partial charge < -0.3 is 19.9 Å². The fraction of sp³-hybridized carbons (Fsp3) is 0.387. The summed E-state index contributed by atoms with van der Waals surface area (Å²) in [7, 11) is 0. The van der Waals surface area contributed by atoms with Gasteiger partial charge in [0.2, 0.25) is 5.91 Å². The number of piperidine rings is 1. The Bertz CT molecular complexity index is 1220. The number of hydrogen-bond donors (Lipinski definition) is 1. The Morgan fingerprint density at radius 3 is 2.53 bits per heavy atom. The predicted octanol–water partition coefficient (Wildman–Crippen LogP) is 5.31. The molecule has 1 aromatic heterocycles. The molecule has 1 saturated heterocycles. The van der Waals surface area contributed by atoms with Crippen LogP contribution in [0.4, 0.5) is 11.5 Å². The van der Waals surface area contributed by atoms with Gasteiger partial charge in [0.15, 0.2) is 0 Å². The lowest BCUT2D eigenvalue weighted by atomic mass is 9.90. The second-order valence-electron chi connectivity index (χ2n) is 10.2. The zero-order valence-electron chi connectivity index (χ0n) is 21.9. The predicted molar refractivity (Wildman–Crippen MR) is 149 cm³/mol. The molecule has 2 aromatic carbocycles. The minimum absolute atomic E-state index is 0.0177. The number of carbonyl (C=O) groups excluding carboxylic acids is 2. The summed E-state index contributed by atoms with van der Waals surface area (Å²) in [6, 6.07) is 23.7. The van der Waals surface area contributed by atoms with Crippen molar-refractivity contribution in [3.05, 3.63) is 84.1 Å². The first-order valence-corrected chi connectivity index (χ1v) is 13.7. The van der Waals surface area contributed by atoms with Gasteiger partial charge in [0.1, 0.15) is 23.8 Å². The average molecular weight is 513 g/mol. The maximum atomic E-state index is 13.5. The van der Waals surface area contributed by atoms with E-state index in [1.807, 2.05) is 47.4 Å². The molecular weight excluding hydrogens is 476 g/mol. The highest BCUT2D eigenvalue weighted by atomic mass is 16.5. The van der Waals surface area contributed by atoms with Gasteiger partial charge in [-0.3, -0.25) is 9.59 Å². The van der Waals surface area contributed by atoms with Crippen molar-refractivity contribution in [2.75, 3.05) is 38.1 Å². The number of benzene rings is 2. The third kappa shape index (κ3) is 6.71. The standard InChI is InChI=1S/C31H36N4O3/c36-30(34-19-16-25(17-20-34)22-24-10-3-1-4-11-24)23-35-18-7-2-8-21-38-28-14-6-5-12-26(28)32-29-15-9-13-27(33-29)31(35)37/h1,3-6,9-15,25H,2,7-8,16-23H2,(H,32,33). The zero-order valence-corrected chi connectivity index (χ0v) is 21.9. The quantitative estimate of drug-likeness (QED) is 0.513. The fourth-order valence-corrected chi connectivity index (χ4v) is 5.23. The van der Waals surface area contributed by atoms with Crippen LogP contribution in [0.5, 0.6) is 5.75 Å². The number of rotatable bonds is 4. The van der Waals surface area contributed by atoms with E-state index in [0.717, 1.165) is 63.1 Å². The van der Waals surface area contributed by atoms with Gasteiger partial charge in [-0.15, -0.1) is 0 Å². The van der Waals surface area contributed by atoms with Crippen molar-refractivity contribution in [3.63, 3.8) is 0 Å². The summed E-state index contributed by atoms with van der Waals surface area (Å²) in [4.78, 5) is 35.0. The molecule has 2 bridgehead atoms. The van der Waals surface area contributed by atoms with E-state index in [4.69, 9.17) is 4.74 Å². The molecule has 3 aromatic rings. The number of hydrogen-bond acceptors (Lipinski definition) is 5. The fourth-order valence-electron chi connectivity index (χ4n) is 5.23. The summed E-state index contributed by atoms with van der Waals surface area (Å²) in [5.41, 5.74) is 2.50. The number of para-hydroxylation sites is 2. The monoisotopic (exact) mass is 512 g/mol. The second-order valence-corrected chi connectivity index (χ2v) is 10.2. The Morgan fingerprint density at radius 2 is 1.68 bits per heavy atom. The number of likely N-dealkylation sites (tertiary alicyclic amines) is 1. The van der Waals surface area contributed by atoms with Crippen molar-refractivity contribution in [1.29, 1.82) is 0 Å². The van der Waals surface area contributed by atoms with Crippen molar-refractivity contribution in [2.45, 2.75) is 38.5 Å². The van der Waals surface area contributed by atoms with Crippen LogP contribution in [-0.2, 0) is 11.2 Å². The molecule has 2 amide bonds. The molecule has 2 aliphatic rings. The maximum absolute atomic E-state index is 13.5. The van der Waals surface area contributed by atoms with Gasteiger partial charge >= 0.3 is 0 Å². The molecule has 0 unspecified atom stereocenters. The number of fused-ring (bicyclic) bond motifs is 3. The van der Waals surface area contributed by atoms with E-state index in [-0.39, 0.29) is 18.4 Å². The van der Waals surface area contributed by atoms with Crippen LogP contribution in [0.1, 0.15) is 48.2 Å². The summed E-state index contributed by atoms with van der Waals surface area (Å²) in [6.45, 7) is 2.68. The normalized spacial score (nSPS) is 17.1. The van der Waals surface area contributed by atoms with Gasteiger partial charge in [-0.05, 0) is 74.3 Å². The number of ether oxygens (including phenoxy) is 1. The van der Waals surface area contributed by atoms with Gasteiger partial charge in [0, 0.05) is 19.6 Å². The van der Waals surface area contributed by atoms with Gasteiger partial charge in [0.25, 0.3) is 5.91 Å². The minimum atomic E-state index is -0.206. The van der Waals surface area contributed by atoms with Crippen molar-refractivity contribution in [1.82, 2.24) is 14.8 Å². The molecule has 0 radical (unpaired) electrons. The molecular formula is C31H36N4O3. The molecule has 0 aliphatic carbocycles. The molecule has 0 saturated carbocycles. The average Bonchev–Trinajstić information content (AvgIpc) is 2.95. The Hall–Kier alpha value is -3.87. The van der Waals surface area contributed by atoms with E-state index in [2.05, 4.69) is 34.6 Å². The van der Waals surface area contributed by atoms with Crippen molar-refractivity contribution >= 4 is 23.3 Å². The summed E-state index contributed by atoms with van der Waals surface area (Å²) < 4.78 is 6.01. The van der Waals surface area contributed by atoms with E-state index in [0.29, 0.717) is 30.6 Å². The van der Waals surface area contributed by atoms with Crippen molar-refractivity contribution < 1.29 is 14.3 Å². The molecule has 1 N–H and O–H groups in total. The van der Waals surface area contributed by atoms with Crippen molar-refractivity contribution in [2.24, 2.45) is 5.92 Å². The molecule has 0 atom stereocenters. The Morgan fingerprint density at radius 1 is 0.895 bits per heavy atom. The van der Waals surface area contributed by atoms with Gasteiger partial charge in [-0.2, -0.15) is 0 Å². The highest BCUT2D eigenvalue weighted by Gasteiger charge is 2.27. The maximum Gasteiger partial charge on any atom is 0.273 e. The van der Waals surface area contributed by atoms with Crippen molar-refractivity contribution in [3.8, 4) is 5.75 Å². The Labute approximate surface area is 224 Å². The lowest BCUT2D eigenvalue weighted by Gasteiger charge is -2.34. The first-order chi connectivity index (χ1) is 18.7. The molecule has 3 heterocycles. The molecule has 2 aliphatic heterocycles. The third-order valence-corrected chi connectivity index (χ3v) is 7.40. The second kappa shape index (κ2) is 12.6. The molecule has 0 spiro atoms. The van der Waals surface area contributed by atoms with Crippen LogP contribution in [0.15, 0.2) is 72.8 Å². The highest BCUT2D eigenvalue weighted by molar-refractivity contribution is 5.95. The van der Waals surface area contributed by atoms with Gasteiger partial charge in [-0.1, -0.05) is 48.5 Å². The molecule has 7 heteroatoms. The number of nitrogens with zero attached hydrogens (tertiary/aromatic N) is 3. The number of aromatic nitrogens is 1. The Balaban J connectivity index is 1.24. The van der Waals surface area contributed by atoms with E-state index in [1.165, 1.54) is 5.56 Å². The molecule has 7 nitrogen and oxygen atoms in total. The van der Waals surface area contributed by atoms with Crippen LogP contribution >= 0.6 is 0 Å². The van der Waals surface area contributed by atoms with Crippen LogP contribution in [0.3, 0.4) is 0 Å². The first kappa shape index (κ1) is 25.8. The zero-order chi connectivity index (χ0) is 26.2. The smallest absolute Gasteiger partial charge is 0.273 e. The highest BCUT2D eigenvalue weighted by Crippen LogP contribution is 2.27. The van der Waals surface area contributed by atoms with E-state index >= 15 is 0 Å². The van der Waals surface area contributed by atoms with E-state index < -0.39 is 0 Å². The minimum Gasteiger partial charge on any atom is -0.491 e. The summed E-state index contributed by atoms with van der Waals surface area (Å²) in [5.74, 6) is 1.73. The number of carbonyl (C=O) groups is 2. The number of nitrogens with one attached hydrogen (secondary N) is 1. The Kier molecular flexibility index (Phi) is 8.53. The topological polar surface area (TPSA) is 74.8 Å². The lowest BCUT2D eigenvalue weighted by molar-refractivity contribution is -0.133. The van der Waals surface area contributed by atoms with E-state index in [1.54, 1.807) is 11.0 Å². The number of pyridine rings is 1. The van der Waals surface area contributed by atoms with Crippen LogP contribution in [0, 0.1) is 5.92 Å². The number of anilines is 2. The molecule has 5 rings (SSSR count). The van der Waals surface area contributed by atoms with Crippen LogP contribution in [0.2, 0.25) is 0 Å². The first-order valence-electron chi connectivity index (χ1n) is 13.7. The largest absolute Gasteiger partial charge is 0.491 e. The van der Waals surface area contributed by atoms with Crippen LogP contribution < -0.4 is 10.1 Å². The molecule has 198 valence electrons. The third-order valence-electron chi connectivity index (χ3n) is 7.40.